The molecule has 0 atom stereocenters. The van der Waals surface area contributed by atoms with Crippen molar-refractivity contribution >= 4 is 43.6 Å². The first-order valence-corrected chi connectivity index (χ1v) is 7.65. The number of halogens is 2. The molecule has 0 aliphatic rings. The van der Waals surface area contributed by atoms with Gasteiger partial charge in [-0.3, -0.25) is 4.98 Å². The number of nitrogens with zero attached hydrogens (tertiary/aromatic N) is 3. The number of esters is 1. The fourth-order valence-electron chi connectivity index (χ4n) is 1.74. The van der Waals surface area contributed by atoms with E-state index in [1.54, 1.807) is 20.0 Å². The van der Waals surface area contributed by atoms with E-state index >= 15 is 0 Å². The number of aromatic nitrogens is 3. The Labute approximate surface area is 138 Å². The van der Waals surface area contributed by atoms with Crippen LogP contribution >= 0.6 is 31.9 Å². The lowest BCUT2D eigenvalue weighted by Gasteiger charge is -2.10. The Morgan fingerprint density at radius 3 is 2.67 bits per heavy atom. The number of nitrogens with two attached hydrogens (primary N) is 1. The zero-order valence-corrected chi connectivity index (χ0v) is 14.5. The smallest absolute Gasteiger partial charge is 0.343 e. The van der Waals surface area contributed by atoms with E-state index in [9.17, 15) is 4.79 Å². The highest BCUT2D eigenvalue weighted by Gasteiger charge is 2.19. The van der Waals surface area contributed by atoms with E-state index < -0.39 is 5.97 Å². The van der Waals surface area contributed by atoms with Crippen LogP contribution in [0, 0.1) is 6.92 Å². The van der Waals surface area contributed by atoms with Gasteiger partial charge in [0.1, 0.15) is 17.1 Å². The Balaban J connectivity index is 2.51. The molecular formula is C13H12Br2N4O2. The summed E-state index contributed by atoms with van der Waals surface area (Å²) in [4.78, 5) is 24.5. The number of hydrogen-bond acceptors (Lipinski definition) is 6. The van der Waals surface area contributed by atoms with Crippen molar-refractivity contribution in [1.82, 2.24) is 15.0 Å². The van der Waals surface area contributed by atoms with Crippen molar-refractivity contribution in [2.45, 2.75) is 13.8 Å². The molecule has 21 heavy (non-hydrogen) atoms. The van der Waals surface area contributed by atoms with Crippen molar-refractivity contribution in [3.63, 3.8) is 0 Å². The van der Waals surface area contributed by atoms with Gasteiger partial charge in [0.05, 0.1) is 12.3 Å². The molecule has 110 valence electrons. The van der Waals surface area contributed by atoms with Gasteiger partial charge in [-0.25, -0.2) is 14.8 Å². The summed E-state index contributed by atoms with van der Waals surface area (Å²) in [5, 5.41) is 0. The van der Waals surface area contributed by atoms with E-state index in [4.69, 9.17) is 10.5 Å². The van der Waals surface area contributed by atoms with Crippen molar-refractivity contribution < 1.29 is 9.53 Å². The molecule has 0 saturated carbocycles. The maximum absolute atomic E-state index is 11.8. The monoisotopic (exact) mass is 414 g/mol. The van der Waals surface area contributed by atoms with E-state index in [2.05, 4.69) is 46.8 Å². The van der Waals surface area contributed by atoms with Crippen LogP contribution in [0.5, 0.6) is 0 Å². The molecule has 8 heteroatoms. The minimum Gasteiger partial charge on any atom is -0.462 e. The largest absolute Gasteiger partial charge is 0.462 e. The Bertz CT molecular complexity index is 684. The van der Waals surface area contributed by atoms with Gasteiger partial charge in [-0.15, -0.1) is 0 Å². The SMILES string of the molecule is CCOC(=O)c1c(C)nc(-c2ncc(Br)cc2Br)nc1N. The fraction of sp³-hybridized carbons (Fsp3) is 0.231. The lowest BCUT2D eigenvalue weighted by atomic mass is 10.2. The van der Waals surface area contributed by atoms with Crippen molar-refractivity contribution in [3.05, 3.63) is 32.5 Å². The molecule has 0 fully saturated rings. The van der Waals surface area contributed by atoms with Crippen molar-refractivity contribution in [2.75, 3.05) is 12.3 Å². The van der Waals surface area contributed by atoms with Crippen molar-refractivity contribution in [3.8, 4) is 11.5 Å². The molecule has 2 aromatic rings. The van der Waals surface area contributed by atoms with Gasteiger partial charge in [0.2, 0.25) is 0 Å². The number of carbonyl (C=O) groups is 1. The quantitative estimate of drug-likeness (QED) is 0.774. The summed E-state index contributed by atoms with van der Waals surface area (Å²) in [5.41, 5.74) is 7.05. The normalized spacial score (nSPS) is 10.5. The molecule has 0 aromatic carbocycles. The molecule has 6 nitrogen and oxygen atoms in total. The Hall–Kier alpha value is -1.54. The van der Waals surface area contributed by atoms with E-state index in [0.29, 0.717) is 17.2 Å². The molecule has 2 N–H and O–H groups in total. The average Bonchev–Trinajstić information content (AvgIpc) is 2.37. The topological polar surface area (TPSA) is 91.0 Å². The first-order chi connectivity index (χ1) is 9.93. The molecule has 0 unspecified atom stereocenters. The molecule has 2 heterocycles. The lowest BCUT2D eigenvalue weighted by Crippen LogP contribution is -2.14. The highest BCUT2D eigenvalue weighted by molar-refractivity contribution is 9.11. The van der Waals surface area contributed by atoms with Crippen LogP contribution in [-0.4, -0.2) is 27.5 Å². The predicted molar refractivity (Wildman–Crippen MR) is 85.8 cm³/mol. The van der Waals surface area contributed by atoms with Crippen molar-refractivity contribution in [2.24, 2.45) is 0 Å². The number of rotatable bonds is 3. The van der Waals surface area contributed by atoms with Gasteiger partial charge in [-0.1, -0.05) is 0 Å². The van der Waals surface area contributed by atoms with Crippen LogP contribution in [0.4, 0.5) is 5.82 Å². The van der Waals surface area contributed by atoms with Gasteiger partial charge in [0, 0.05) is 15.1 Å². The van der Waals surface area contributed by atoms with Gasteiger partial charge < -0.3 is 10.5 Å². The lowest BCUT2D eigenvalue weighted by molar-refractivity contribution is 0.0526. The summed E-state index contributed by atoms with van der Waals surface area (Å²) in [5.74, 6) is -0.105. The number of hydrogen-bond donors (Lipinski definition) is 1. The molecule has 0 saturated heterocycles. The van der Waals surface area contributed by atoms with Gasteiger partial charge in [-0.2, -0.15) is 0 Å². The molecule has 0 aliphatic heterocycles. The van der Waals surface area contributed by atoms with E-state index in [1.165, 1.54) is 0 Å². The van der Waals surface area contributed by atoms with E-state index in [1.807, 2.05) is 6.07 Å². The summed E-state index contributed by atoms with van der Waals surface area (Å²) >= 11 is 6.73. The maximum Gasteiger partial charge on any atom is 0.343 e. The summed E-state index contributed by atoms with van der Waals surface area (Å²) < 4.78 is 6.49. The van der Waals surface area contributed by atoms with Crippen LogP contribution in [0.3, 0.4) is 0 Å². The van der Waals surface area contributed by atoms with Crippen LogP contribution in [0.2, 0.25) is 0 Å². The molecule has 0 radical (unpaired) electrons. The predicted octanol–water partition coefficient (Wildman–Crippen LogP) is 3.13. The fourth-order valence-corrected chi connectivity index (χ4v) is 2.90. The molecule has 0 aliphatic carbocycles. The molecule has 0 amide bonds. The molecule has 2 aromatic heterocycles. The summed E-state index contributed by atoms with van der Waals surface area (Å²) in [6.45, 7) is 3.67. The first kappa shape index (κ1) is 15.8. The Morgan fingerprint density at radius 2 is 2.10 bits per heavy atom. The van der Waals surface area contributed by atoms with Crippen LogP contribution < -0.4 is 5.73 Å². The summed E-state index contributed by atoms with van der Waals surface area (Å²) in [6.07, 6.45) is 1.63. The highest BCUT2D eigenvalue weighted by atomic mass is 79.9. The zero-order valence-electron chi connectivity index (χ0n) is 11.4. The maximum atomic E-state index is 11.8. The summed E-state index contributed by atoms with van der Waals surface area (Å²) in [7, 11) is 0. The number of pyridine rings is 1. The van der Waals surface area contributed by atoms with Crippen LogP contribution in [0.15, 0.2) is 21.2 Å². The van der Waals surface area contributed by atoms with Crippen LogP contribution in [-0.2, 0) is 4.74 Å². The highest BCUT2D eigenvalue weighted by Crippen LogP contribution is 2.28. The van der Waals surface area contributed by atoms with Crippen LogP contribution in [0.25, 0.3) is 11.5 Å². The number of aryl methyl sites for hydroxylation is 1. The third-order valence-electron chi connectivity index (χ3n) is 2.62. The Morgan fingerprint density at radius 1 is 1.38 bits per heavy atom. The third kappa shape index (κ3) is 3.38. The number of carbonyl (C=O) groups excluding carboxylic acids is 1. The van der Waals surface area contributed by atoms with E-state index in [0.717, 1.165) is 8.95 Å². The van der Waals surface area contributed by atoms with Crippen molar-refractivity contribution in [1.29, 1.82) is 0 Å². The number of ether oxygens (including phenoxy) is 1. The van der Waals surface area contributed by atoms with Gasteiger partial charge in [0.25, 0.3) is 0 Å². The second-order valence-corrected chi connectivity index (χ2v) is 5.87. The number of nitrogen functional groups attached to an aromatic ring is 1. The zero-order chi connectivity index (χ0) is 15.6. The standard InChI is InChI=1S/C13H12Br2N4O2/c1-3-21-13(20)9-6(2)18-12(19-11(9)16)10-8(15)4-7(14)5-17-10/h4-5H,3H2,1-2H3,(H2,16,18,19). The minimum atomic E-state index is -0.526. The van der Waals surface area contributed by atoms with Gasteiger partial charge in [-0.05, 0) is 51.8 Å². The minimum absolute atomic E-state index is 0.0765. The molecule has 0 bridgehead atoms. The van der Waals surface area contributed by atoms with Gasteiger partial charge >= 0.3 is 5.97 Å². The molecule has 0 spiro atoms. The average molecular weight is 416 g/mol. The Kier molecular flexibility index (Phi) is 4.89. The van der Waals surface area contributed by atoms with Crippen LogP contribution in [0.1, 0.15) is 23.0 Å². The molecule has 2 rings (SSSR count). The first-order valence-electron chi connectivity index (χ1n) is 6.06. The number of anilines is 1. The third-order valence-corrected chi connectivity index (χ3v) is 3.66. The second-order valence-electron chi connectivity index (χ2n) is 4.10. The second kappa shape index (κ2) is 6.48. The molecular weight excluding hydrogens is 404 g/mol. The van der Waals surface area contributed by atoms with Gasteiger partial charge in [0.15, 0.2) is 5.82 Å². The summed E-state index contributed by atoms with van der Waals surface area (Å²) in [6, 6.07) is 1.83. The van der Waals surface area contributed by atoms with E-state index in [-0.39, 0.29) is 18.0 Å².